The molecule has 0 spiro atoms. The third-order valence-electron chi connectivity index (χ3n) is 6.76. The van der Waals surface area contributed by atoms with Crippen molar-refractivity contribution >= 4 is 36.3 Å². The second kappa shape index (κ2) is 19.6. The molecular weight excluding hydrogens is 634 g/mol. The Morgan fingerprint density at radius 3 is 2.06 bits per heavy atom. The Labute approximate surface area is 277 Å². The fourth-order valence-corrected chi connectivity index (χ4v) is 4.89. The molecule has 0 saturated carbocycles. The molecule has 3 N–H and O–H groups in total. The molecule has 5 atom stereocenters. The fraction of sp³-hybridized carbons (Fsp3) is 0.455. The van der Waals surface area contributed by atoms with Crippen LogP contribution in [-0.2, 0) is 70.0 Å². The quantitative estimate of drug-likeness (QED) is 0.169. The summed E-state index contributed by atoms with van der Waals surface area (Å²) in [5.41, 5.74) is 6.98. The molecule has 0 bridgehead atoms. The Morgan fingerprint density at radius 2 is 1.48 bits per heavy atom. The molecule has 48 heavy (non-hydrogen) atoms. The van der Waals surface area contributed by atoms with Gasteiger partial charge in [-0.25, -0.2) is 0 Å². The molecule has 1 saturated heterocycles. The number of aryl methyl sites for hydroxylation is 1. The topological polar surface area (TPSA) is 218 Å². The van der Waals surface area contributed by atoms with Crippen molar-refractivity contribution in [1.29, 1.82) is 0 Å². The number of quaternary nitrogens is 1. The average Bonchev–Trinajstić information content (AvgIpc) is 3.02. The number of carboxylic acid groups (broad SMARTS) is 1. The number of ether oxygens (including phenoxy) is 7. The molecule has 15 heteroatoms. The van der Waals surface area contributed by atoms with Crippen molar-refractivity contribution in [2.24, 2.45) is 0 Å². The highest BCUT2D eigenvalue weighted by Gasteiger charge is 2.53. The van der Waals surface area contributed by atoms with E-state index in [9.17, 15) is 24.0 Å². The van der Waals surface area contributed by atoms with Gasteiger partial charge >= 0.3 is 29.8 Å². The number of carbonyl (C=O) groups excluding carboxylic acids is 6. The minimum atomic E-state index is -1.41. The predicted molar refractivity (Wildman–Crippen MR) is 162 cm³/mol. The maximum Gasteiger partial charge on any atom is 0.309 e. The Bertz CT molecular complexity index is 1430. The third kappa shape index (κ3) is 12.3. The van der Waals surface area contributed by atoms with Crippen molar-refractivity contribution in [3.8, 4) is 16.9 Å². The van der Waals surface area contributed by atoms with Crippen LogP contribution in [0.15, 0.2) is 42.5 Å². The summed E-state index contributed by atoms with van der Waals surface area (Å²) in [5, 5.41) is 8.25. The van der Waals surface area contributed by atoms with E-state index < -0.39 is 67.0 Å². The molecule has 3 rings (SSSR count). The van der Waals surface area contributed by atoms with Crippen molar-refractivity contribution < 1.29 is 72.8 Å². The molecule has 1 heterocycles. The van der Waals surface area contributed by atoms with Gasteiger partial charge in [-0.05, 0) is 35.2 Å². The lowest BCUT2D eigenvalue weighted by molar-refractivity contribution is -0.368. The smallest absolute Gasteiger partial charge is 0.309 e. The van der Waals surface area contributed by atoms with Crippen LogP contribution in [0.25, 0.3) is 11.1 Å². The van der Waals surface area contributed by atoms with E-state index in [1.54, 1.807) is 18.2 Å². The van der Waals surface area contributed by atoms with Crippen molar-refractivity contribution in [2.75, 3.05) is 20.3 Å². The van der Waals surface area contributed by atoms with Crippen molar-refractivity contribution in [2.45, 2.75) is 77.7 Å². The van der Waals surface area contributed by atoms with Crippen LogP contribution in [0.4, 0.5) is 0 Å². The fourth-order valence-electron chi connectivity index (χ4n) is 4.89. The van der Waals surface area contributed by atoms with Crippen molar-refractivity contribution in [1.82, 2.24) is 0 Å². The van der Waals surface area contributed by atoms with E-state index in [1.807, 2.05) is 24.3 Å². The first-order valence-corrected chi connectivity index (χ1v) is 14.9. The van der Waals surface area contributed by atoms with E-state index in [0.29, 0.717) is 22.4 Å². The highest BCUT2D eigenvalue weighted by atomic mass is 16.7. The third-order valence-corrected chi connectivity index (χ3v) is 6.76. The zero-order valence-corrected chi connectivity index (χ0v) is 27.5. The molecule has 15 nitrogen and oxygen atoms in total. The van der Waals surface area contributed by atoms with Gasteiger partial charge in [0, 0.05) is 46.2 Å². The van der Waals surface area contributed by atoms with E-state index in [0.717, 1.165) is 45.7 Å². The van der Waals surface area contributed by atoms with Gasteiger partial charge < -0.3 is 48.8 Å². The first-order chi connectivity index (χ1) is 22.8. The monoisotopic (exact) mass is 675 g/mol. The molecule has 0 aromatic heterocycles. The maximum atomic E-state index is 12.3. The number of hydrogen-bond acceptors (Lipinski definition) is 14. The minimum absolute atomic E-state index is 0.0570. The molecular formula is C33H41NO14. The second-order valence-electron chi connectivity index (χ2n) is 10.5. The first-order valence-electron chi connectivity index (χ1n) is 14.9. The molecule has 262 valence electrons. The van der Waals surface area contributed by atoms with Gasteiger partial charge in [-0.2, -0.15) is 0 Å². The molecule has 1 fully saturated rings. The number of methoxy groups -OCH3 is 1. The summed E-state index contributed by atoms with van der Waals surface area (Å²) >= 11 is 0. The Balaban J connectivity index is 0.00000257. The summed E-state index contributed by atoms with van der Waals surface area (Å²) in [6.45, 7) is 4.50. The molecule has 0 unspecified atom stereocenters. The van der Waals surface area contributed by atoms with Crippen LogP contribution in [0.2, 0.25) is 0 Å². The van der Waals surface area contributed by atoms with Crippen molar-refractivity contribution in [3.05, 3.63) is 53.6 Å². The number of rotatable bonds is 13. The first kappa shape index (κ1) is 39.2. The van der Waals surface area contributed by atoms with Gasteiger partial charge in [0.2, 0.25) is 12.4 Å². The van der Waals surface area contributed by atoms with E-state index >= 15 is 0 Å². The Morgan fingerprint density at radius 1 is 0.854 bits per heavy atom. The molecule has 0 aliphatic carbocycles. The lowest BCUT2D eigenvalue weighted by atomic mass is 9.96. The van der Waals surface area contributed by atoms with Crippen LogP contribution in [0.1, 0.15) is 45.2 Å². The van der Waals surface area contributed by atoms with E-state index in [4.69, 9.17) is 43.1 Å². The highest BCUT2D eigenvalue weighted by Crippen LogP contribution is 2.36. The molecule has 1 aliphatic rings. The minimum Gasteiger partial charge on any atom is -0.554 e. The molecule has 1 aliphatic heterocycles. The summed E-state index contributed by atoms with van der Waals surface area (Å²) in [6.07, 6.45) is -5.00. The van der Waals surface area contributed by atoms with Crippen LogP contribution >= 0.6 is 0 Å². The molecule has 0 amide bonds. The lowest BCUT2D eigenvalue weighted by Crippen LogP contribution is -2.63. The van der Waals surface area contributed by atoms with Crippen LogP contribution in [0.3, 0.4) is 0 Å². The van der Waals surface area contributed by atoms with Gasteiger partial charge in [-0.1, -0.05) is 30.3 Å². The summed E-state index contributed by atoms with van der Waals surface area (Å²) in [5.74, 6) is -2.94. The van der Waals surface area contributed by atoms with Gasteiger partial charge in [0.1, 0.15) is 18.5 Å². The largest absolute Gasteiger partial charge is 0.554 e. The van der Waals surface area contributed by atoms with Crippen molar-refractivity contribution in [3.63, 3.8) is 0 Å². The standard InChI is InChI=1S/C32H39NO12.CH2O2/c1-18(34)40-17-27-29(41-19(2)35)30(42-20(3)36)31(43-21(4)37)32(45-27)44-26-12-11-22(9-7-13-33)15-25(26)24-10-6-8-23(14-24)16-28(38)39-5;2-1-3/h6,8,10-12,14-15,27,29-32H,7,9,13,16-17,33H2,1-5H3;1H,(H,2,3)/t27-,29-,30+,31+,32+;/m1./s1. The zero-order chi connectivity index (χ0) is 35.8. The van der Waals surface area contributed by atoms with Crippen LogP contribution < -0.4 is 15.6 Å². The maximum absolute atomic E-state index is 12.3. The number of hydrogen-bond donors (Lipinski definition) is 1. The number of benzene rings is 2. The van der Waals surface area contributed by atoms with Crippen LogP contribution in [0.5, 0.6) is 5.75 Å². The van der Waals surface area contributed by atoms with Crippen LogP contribution in [0, 0.1) is 0 Å². The normalized spacial score (nSPS) is 19.8. The predicted octanol–water partition coefficient (Wildman–Crippen LogP) is 0.0716. The van der Waals surface area contributed by atoms with E-state index in [2.05, 4.69) is 5.73 Å². The van der Waals surface area contributed by atoms with Gasteiger partial charge in [-0.3, -0.25) is 24.0 Å². The Kier molecular flexibility index (Phi) is 16.0. The van der Waals surface area contributed by atoms with E-state index in [1.165, 1.54) is 14.0 Å². The average molecular weight is 676 g/mol. The summed E-state index contributed by atoms with van der Waals surface area (Å²) in [7, 11) is 1.32. The highest BCUT2D eigenvalue weighted by molar-refractivity contribution is 5.76. The SMILES string of the molecule is COC(=O)Cc1cccc(-c2cc(CCC[NH3+])ccc2O[C@H]2O[C@H](COC(C)=O)[C@@H](OC(C)=O)[C@H](OC(C)=O)[C@@H]2OC(C)=O)c1.O=C[O-]. The van der Waals surface area contributed by atoms with Gasteiger partial charge in [0.15, 0.2) is 12.2 Å². The molecule has 2 aromatic carbocycles. The lowest BCUT2D eigenvalue weighted by Gasteiger charge is -2.44. The summed E-state index contributed by atoms with van der Waals surface area (Å²) < 4.78 is 39.0. The van der Waals surface area contributed by atoms with Gasteiger partial charge in [-0.15, -0.1) is 0 Å². The molecule has 2 aromatic rings. The number of carbonyl (C=O) groups is 6. The second-order valence-corrected chi connectivity index (χ2v) is 10.5. The Hall–Kier alpha value is -5.02. The van der Waals surface area contributed by atoms with Gasteiger partial charge in [0.25, 0.3) is 0 Å². The summed E-state index contributed by atoms with van der Waals surface area (Å²) in [4.78, 5) is 68.4. The summed E-state index contributed by atoms with van der Waals surface area (Å²) in [6, 6.07) is 12.8. The zero-order valence-electron chi connectivity index (χ0n) is 27.5. The molecule has 0 radical (unpaired) electrons. The van der Waals surface area contributed by atoms with Gasteiger partial charge in [0.05, 0.1) is 20.1 Å². The number of esters is 5. The van der Waals surface area contributed by atoms with E-state index in [-0.39, 0.29) is 13.0 Å². The van der Waals surface area contributed by atoms with Crippen LogP contribution in [-0.4, -0.2) is 87.3 Å².